The van der Waals surface area contributed by atoms with Crippen LogP contribution >= 0.6 is 0 Å². The maximum Gasteiger partial charge on any atom is 2.00 e. The zero-order valence-corrected chi connectivity index (χ0v) is 9.77. The van der Waals surface area contributed by atoms with Gasteiger partial charge in [-0.05, 0) is 0 Å². The van der Waals surface area contributed by atoms with Crippen LogP contribution in [0.15, 0.2) is 24.3 Å². The van der Waals surface area contributed by atoms with Crippen LogP contribution in [0.2, 0.25) is 0 Å². The summed E-state index contributed by atoms with van der Waals surface area (Å²) in [6, 6.07) is 9.17. The van der Waals surface area contributed by atoms with Crippen LogP contribution in [0.3, 0.4) is 0 Å². The second-order valence-electron chi connectivity index (χ2n) is 1.81. The molecule has 0 saturated carbocycles. The first kappa shape index (κ1) is 13.1. The van der Waals surface area contributed by atoms with E-state index in [2.05, 4.69) is 6.92 Å². The molecule has 1 nitrogen and oxygen atoms in total. The number of nitriles is 1. The molecule has 0 fully saturated rings. The van der Waals surface area contributed by atoms with Crippen molar-refractivity contribution in [2.75, 3.05) is 0 Å². The summed E-state index contributed by atoms with van der Waals surface area (Å²) >= 11 is 0. The fraction of sp³-hybridized carbons (Fsp3) is 0. The summed E-state index contributed by atoms with van der Waals surface area (Å²) in [5.74, 6) is 0. The van der Waals surface area contributed by atoms with E-state index in [1.807, 2.05) is 18.2 Å². The van der Waals surface area contributed by atoms with Gasteiger partial charge in [0, 0.05) is 5.56 Å². The van der Waals surface area contributed by atoms with Crippen molar-refractivity contribution >= 4 is 0 Å². The average molecular weight is 217 g/mol. The molecule has 0 spiro atoms. The van der Waals surface area contributed by atoms with E-state index in [0.717, 1.165) is 5.56 Å². The second kappa shape index (κ2) is 6.22. The van der Waals surface area contributed by atoms with Crippen molar-refractivity contribution in [1.29, 1.82) is 5.26 Å². The topological polar surface area (TPSA) is 23.8 Å². The van der Waals surface area contributed by atoms with Crippen LogP contribution in [0.25, 0.3) is 0 Å². The van der Waals surface area contributed by atoms with Crippen molar-refractivity contribution in [2.45, 2.75) is 0 Å². The van der Waals surface area contributed by atoms with Crippen molar-refractivity contribution in [2.24, 2.45) is 0 Å². The Morgan fingerprint density at radius 3 is 2.00 bits per heavy atom. The van der Waals surface area contributed by atoms with Crippen LogP contribution in [0.4, 0.5) is 0 Å². The first-order valence-corrected chi connectivity index (χ1v) is 2.65. The molecule has 52 valence electrons. The number of halogens is 1. The first-order chi connectivity index (χ1) is 4.33. The maximum absolute atomic E-state index is 8.36. The van der Waals surface area contributed by atoms with Gasteiger partial charge in [0.25, 0.3) is 0 Å². The second-order valence-corrected chi connectivity index (χ2v) is 1.81. The Balaban J connectivity index is 0. The third-order valence-electron chi connectivity index (χ3n) is 1.08. The van der Waals surface area contributed by atoms with Gasteiger partial charge in [-0.2, -0.15) is 29.9 Å². The molecule has 0 atom stereocenters. The Morgan fingerprint density at radius 2 is 1.64 bits per heavy atom. The molecule has 0 radical (unpaired) electrons. The van der Waals surface area contributed by atoms with E-state index in [-0.39, 0.29) is 31.9 Å². The van der Waals surface area contributed by atoms with Gasteiger partial charge in [0.05, 0.1) is 6.07 Å². The van der Waals surface area contributed by atoms with Gasteiger partial charge in [0.2, 0.25) is 0 Å². The number of hydrogen-bond acceptors (Lipinski definition) is 1. The Morgan fingerprint density at radius 1 is 1.18 bits per heavy atom. The van der Waals surface area contributed by atoms with Gasteiger partial charge in [-0.1, -0.05) is 0 Å². The van der Waals surface area contributed by atoms with Crippen LogP contribution < -0.4 is 12.4 Å². The van der Waals surface area contributed by atoms with Crippen molar-refractivity contribution in [3.63, 3.8) is 0 Å². The Hall–Kier alpha value is -0.507. The molecule has 0 heterocycles. The zero-order chi connectivity index (χ0) is 6.69. The summed E-state index contributed by atoms with van der Waals surface area (Å²) in [4.78, 5) is 0. The molecule has 11 heavy (non-hydrogen) atoms. The SMILES string of the molecule is [CH2-]c1ccc(C#N)cc1.[Cl-].[Zn+2]. The number of nitrogens with zero attached hydrogens (tertiary/aromatic N) is 1. The molecule has 0 aliphatic rings. The standard InChI is InChI=1S/C8H6N.ClH.Zn/c1-7-2-4-8(6-9)5-3-7;;/h2-5H,1H2;1H;/q-1;;+2/p-1. The van der Waals surface area contributed by atoms with Crippen molar-refractivity contribution in [3.05, 3.63) is 42.3 Å². The Kier molecular flexibility index (Phi) is 7.41. The molecular formula is C8H6ClNZn. The molecule has 0 aliphatic carbocycles. The van der Waals surface area contributed by atoms with Gasteiger partial charge in [-0.3, -0.25) is 0 Å². The van der Waals surface area contributed by atoms with E-state index in [9.17, 15) is 0 Å². The summed E-state index contributed by atoms with van der Waals surface area (Å²) in [6.07, 6.45) is 0. The normalized spacial score (nSPS) is 6.82. The predicted octanol–water partition coefficient (Wildman–Crippen LogP) is -1.26. The smallest absolute Gasteiger partial charge is 1.00 e. The third-order valence-corrected chi connectivity index (χ3v) is 1.08. The molecule has 0 unspecified atom stereocenters. The fourth-order valence-corrected chi connectivity index (χ4v) is 0.579. The van der Waals surface area contributed by atoms with E-state index in [4.69, 9.17) is 5.26 Å². The molecular weight excluding hydrogens is 211 g/mol. The van der Waals surface area contributed by atoms with Crippen LogP contribution in [-0.2, 0) is 19.5 Å². The number of benzene rings is 1. The molecule has 1 aromatic carbocycles. The molecule has 0 amide bonds. The van der Waals surface area contributed by atoms with Gasteiger partial charge in [-0.25, -0.2) is 0 Å². The Labute approximate surface area is 85.6 Å². The van der Waals surface area contributed by atoms with Gasteiger partial charge in [0.1, 0.15) is 0 Å². The summed E-state index contributed by atoms with van der Waals surface area (Å²) < 4.78 is 0. The van der Waals surface area contributed by atoms with E-state index in [1.54, 1.807) is 12.1 Å². The molecule has 0 aromatic heterocycles. The minimum Gasteiger partial charge on any atom is -1.00 e. The Bertz CT molecular complexity index is 237. The summed E-state index contributed by atoms with van der Waals surface area (Å²) in [5, 5.41) is 8.36. The monoisotopic (exact) mass is 215 g/mol. The van der Waals surface area contributed by atoms with Crippen LogP contribution in [-0.4, -0.2) is 0 Å². The first-order valence-electron chi connectivity index (χ1n) is 2.65. The van der Waals surface area contributed by atoms with Crippen molar-refractivity contribution in [3.8, 4) is 6.07 Å². The zero-order valence-electron chi connectivity index (χ0n) is 6.05. The van der Waals surface area contributed by atoms with Gasteiger partial charge >= 0.3 is 19.5 Å². The average Bonchev–Trinajstić information content (AvgIpc) is 1.90. The summed E-state index contributed by atoms with van der Waals surface area (Å²) in [5.41, 5.74) is 1.62. The third kappa shape index (κ3) is 4.04. The van der Waals surface area contributed by atoms with Crippen LogP contribution in [0.1, 0.15) is 11.1 Å². The van der Waals surface area contributed by atoms with E-state index in [0.29, 0.717) is 5.56 Å². The summed E-state index contributed by atoms with van der Waals surface area (Å²) in [7, 11) is 0. The van der Waals surface area contributed by atoms with E-state index in [1.165, 1.54) is 0 Å². The summed E-state index contributed by atoms with van der Waals surface area (Å²) in [6.45, 7) is 3.69. The minimum atomic E-state index is 0. The van der Waals surface area contributed by atoms with E-state index >= 15 is 0 Å². The minimum absolute atomic E-state index is 0. The largest absolute Gasteiger partial charge is 2.00 e. The quantitative estimate of drug-likeness (QED) is 0.393. The van der Waals surface area contributed by atoms with Gasteiger partial charge in [0.15, 0.2) is 0 Å². The molecule has 0 saturated heterocycles. The van der Waals surface area contributed by atoms with Crippen LogP contribution in [0.5, 0.6) is 0 Å². The van der Waals surface area contributed by atoms with Crippen molar-refractivity contribution in [1.82, 2.24) is 0 Å². The predicted molar refractivity (Wildman–Crippen MR) is 35.6 cm³/mol. The van der Waals surface area contributed by atoms with Crippen molar-refractivity contribution < 1.29 is 31.9 Å². The molecule has 0 N–H and O–H groups in total. The molecule has 1 rings (SSSR count). The van der Waals surface area contributed by atoms with Crippen LogP contribution in [0, 0.1) is 18.3 Å². The molecule has 1 aromatic rings. The maximum atomic E-state index is 8.36. The fourth-order valence-electron chi connectivity index (χ4n) is 0.579. The van der Waals surface area contributed by atoms with Gasteiger partial charge < -0.3 is 12.4 Å². The van der Waals surface area contributed by atoms with Gasteiger partial charge in [-0.15, -0.1) is 12.1 Å². The number of hydrogen-bond donors (Lipinski definition) is 0. The molecule has 0 bridgehead atoms. The molecule has 0 aliphatic heterocycles. The number of rotatable bonds is 0. The van der Waals surface area contributed by atoms with E-state index < -0.39 is 0 Å². The molecule has 3 heteroatoms.